The summed E-state index contributed by atoms with van der Waals surface area (Å²) in [7, 11) is 1.55. The average molecular weight is 268 g/mol. The summed E-state index contributed by atoms with van der Waals surface area (Å²) < 4.78 is 4.99. The number of carboxylic acids is 1. The lowest BCUT2D eigenvalue weighted by molar-refractivity contribution is -0.139. The van der Waals surface area contributed by atoms with Gasteiger partial charge in [-0.05, 0) is 12.1 Å². The summed E-state index contributed by atoms with van der Waals surface area (Å²) >= 11 is 0. The predicted octanol–water partition coefficient (Wildman–Crippen LogP) is 0.606. The molecule has 19 heavy (non-hydrogen) atoms. The van der Waals surface area contributed by atoms with Crippen LogP contribution in [0.5, 0.6) is 5.75 Å². The molecule has 1 aromatic carbocycles. The van der Waals surface area contributed by atoms with E-state index in [1.54, 1.807) is 25.2 Å². The molecule has 1 rings (SSSR count). The van der Waals surface area contributed by atoms with Crippen molar-refractivity contribution in [2.45, 2.75) is 0 Å². The van der Waals surface area contributed by atoms with Crippen LogP contribution in [0, 0.1) is 0 Å². The number of anilines is 1. The molecule has 0 radical (unpaired) electrons. The zero-order valence-corrected chi connectivity index (χ0v) is 10.5. The van der Waals surface area contributed by atoms with Crippen molar-refractivity contribution in [3.63, 3.8) is 0 Å². The molecule has 0 aliphatic heterocycles. The lowest BCUT2D eigenvalue weighted by atomic mass is 10.3. The van der Waals surface area contributed by atoms with E-state index >= 15 is 0 Å². The Kier molecular flexibility index (Phi) is 5.62. The van der Waals surface area contributed by atoms with Crippen molar-refractivity contribution in [1.82, 2.24) is 4.90 Å². The molecule has 7 heteroatoms. The van der Waals surface area contributed by atoms with Gasteiger partial charge in [0.05, 0.1) is 6.61 Å². The van der Waals surface area contributed by atoms with E-state index in [0.717, 1.165) is 0 Å². The maximum absolute atomic E-state index is 11.6. The quantitative estimate of drug-likeness (QED) is 0.702. The molecule has 0 fully saturated rings. The summed E-state index contributed by atoms with van der Waals surface area (Å²) in [5.74, 6) is -0.720. The zero-order valence-electron chi connectivity index (χ0n) is 10.5. The van der Waals surface area contributed by atoms with E-state index in [4.69, 9.17) is 14.9 Å². The molecule has 104 valence electrons. The number of aliphatic hydroxyl groups is 1. The largest absolute Gasteiger partial charge is 0.482 e. The summed E-state index contributed by atoms with van der Waals surface area (Å²) in [4.78, 5) is 23.3. The van der Waals surface area contributed by atoms with Crippen molar-refractivity contribution < 1.29 is 24.5 Å². The van der Waals surface area contributed by atoms with Gasteiger partial charge in [0.1, 0.15) is 5.75 Å². The van der Waals surface area contributed by atoms with Crippen LogP contribution >= 0.6 is 0 Å². The molecule has 2 amide bonds. The number of aliphatic hydroxyl groups excluding tert-OH is 1. The van der Waals surface area contributed by atoms with Gasteiger partial charge in [0.25, 0.3) is 0 Å². The molecule has 7 nitrogen and oxygen atoms in total. The standard InChI is InChI=1S/C12H16N2O5/c1-14(5-6-15)12(18)13-9-3-2-4-10(7-9)19-8-11(16)17/h2-4,7,15H,5-6,8H2,1H3,(H,13,18)(H,16,17). The first-order valence-corrected chi connectivity index (χ1v) is 5.60. The highest BCUT2D eigenvalue weighted by Gasteiger charge is 2.08. The summed E-state index contributed by atoms with van der Waals surface area (Å²) in [5, 5.41) is 19.8. The first-order chi connectivity index (χ1) is 9.02. The molecular formula is C12H16N2O5. The Labute approximate surface area is 110 Å². The average Bonchev–Trinajstić information content (AvgIpc) is 2.37. The van der Waals surface area contributed by atoms with Crippen LogP contribution in [0.15, 0.2) is 24.3 Å². The molecule has 0 aliphatic rings. The van der Waals surface area contributed by atoms with Crippen molar-refractivity contribution >= 4 is 17.7 Å². The molecule has 0 aliphatic carbocycles. The van der Waals surface area contributed by atoms with Crippen molar-refractivity contribution in [3.8, 4) is 5.75 Å². The fourth-order valence-electron chi connectivity index (χ4n) is 1.28. The van der Waals surface area contributed by atoms with Crippen LogP contribution in [0.1, 0.15) is 0 Å². The van der Waals surface area contributed by atoms with Crippen LogP contribution in [0.4, 0.5) is 10.5 Å². The van der Waals surface area contributed by atoms with Crippen molar-refractivity contribution in [3.05, 3.63) is 24.3 Å². The Morgan fingerprint density at radius 1 is 1.42 bits per heavy atom. The van der Waals surface area contributed by atoms with E-state index in [2.05, 4.69) is 5.32 Å². The second kappa shape index (κ2) is 7.22. The lowest BCUT2D eigenvalue weighted by Gasteiger charge is -2.16. The number of nitrogens with zero attached hydrogens (tertiary/aromatic N) is 1. The van der Waals surface area contributed by atoms with Gasteiger partial charge in [-0.25, -0.2) is 9.59 Å². The Morgan fingerprint density at radius 3 is 2.79 bits per heavy atom. The van der Waals surface area contributed by atoms with Crippen LogP contribution in [-0.2, 0) is 4.79 Å². The Morgan fingerprint density at radius 2 is 2.16 bits per heavy atom. The van der Waals surface area contributed by atoms with Gasteiger partial charge in [0.2, 0.25) is 0 Å². The van der Waals surface area contributed by atoms with Gasteiger partial charge in [-0.2, -0.15) is 0 Å². The first kappa shape index (κ1) is 14.8. The van der Waals surface area contributed by atoms with Gasteiger partial charge in [0.15, 0.2) is 6.61 Å². The fourth-order valence-corrected chi connectivity index (χ4v) is 1.28. The van der Waals surface area contributed by atoms with E-state index in [0.29, 0.717) is 11.4 Å². The first-order valence-electron chi connectivity index (χ1n) is 5.60. The second-order valence-electron chi connectivity index (χ2n) is 3.79. The number of rotatable bonds is 6. The molecule has 3 N–H and O–H groups in total. The number of hydrogen-bond acceptors (Lipinski definition) is 4. The molecule has 0 saturated heterocycles. The van der Waals surface area contributed by atoms with E-state index in [-0.39, 0.29) is 19.2 Å². The molecule has 1 aromatic rings. The number of benzene rings is 1. The molecule has 0 atom stereocenters. The van der Waals surface area contributed by atoms with Crippen molar-refractivity contribution in [2.24, 2.45) is 0 Å². The van der Waals surface area contributed by atoms with Crippen LogP contribution in [-0.4, -0.2) is 53.9 Å². The third-order valence-electron chi connectivity index (χ3n) is 2.23. The highest BCUT2D eigenvalue weighted by molar-refractivity contribution is 5.89. The van der Waals surface area contributed by atoms with Crippen LogP contribution < -0.4 is 10.1 Å². The van der Waals surface area contributed by atoms with Gasteiger partial charge in [-0.3, -0.25) is 0 Å². The van der Waals surface area contributed by atoms with E-state index in [1.807, 2.05) is 0 Å². The van der Waals surface area contributed by atoms with E-state index in [1.165, 1.54) is 11.0 Å². The number of aliphatic carboxylic acids is 1. The third kappa shape index (κ3) is 5.26. The minimum atomic E-state index is -1.07. The number of urea groups is 1. The van der Waals surface area contributed by atoms with Gasteiger partial charge < -0.3 is 25.2 Å². The maximum Gasteiger partial charge on any atom is 0.341 e. The van der Waals surface area contributed by atoms with Gasteiger partial charge in [0, 0.05) is 25.3 Å². The zero-order chi connectivity index (χ0) is 14.3. The highest BCUT2D eigenvalue weighted by Crippen LogP contribution is 2.17. The number of ether oxygens (including phenoxy) is 1. The van der Waals surface area contributed by atoms with Crippen LogP contribution in [0.3, 0.4) is 0 Å². The highest BCUT2D eigenvalue weighted by atomic mass is 16.5. The molecule has 0 unspecified atom stereocenters. The number of amides is 2. The number of likely N-dealkylation sites (N-methyl/N-ethyl adjacent to an activating group) is 1. The molecule has 0 spiro atoms. The van der Waals surface area contributed by atoms with Gasteiger partial charge in [-0.1, -0.05) is 6.07 Å². The molecule has 0 saturated carbocycles. The van der Waals surface area contributed by atoms with Gasteiger partial charge >= 0.3 is 12.0 Å². The van der Waals surface area contributed by atoms with Crippen LogP contribution in [0.25, 0.3) is 0 Å². The normalized spacial score (nSPS) is 9.79. The van der Waals surface area contributed by atoms with E-state index < -0.39 is 12.6 Å². The molecule has 0 heterocycles. The Balaban J connectivity index is 2.61. The second-order valence-corrected chi connectivity index (χ2v) is 3.79. The number of hydrogen-bond donors (Lipinski definition) is 3. The lowest BCUT2D eigenvalue weighted by Crippen LogP contribution is -2.33. The van der Waals surface area contributed by atoms with Crippen molar-refractivity contribution in [2.75, 3.05) is 32.1 Å². The summed E-state index contributed by atoms with van der Waals surface area (Å²) in [6, 6.07) is 6.03. The number of carbonyl (C=O) groups excluding carboxylic acids is 1. The Hall–Kier alpha value is -2.28. The number of carbonyl (C=O) groups is 2. The fraction of sp³-hybridized carbons (Fsp3) is 0.333. The monoisotopic (exact) mass is 268 g/mol. The molecular weight excluding hydrogens is 252 g/mol. The summed E-state index contributed by atoms with van der Waals surface area (Å²) in [6.45, 7) is -0.339. The molecule has 0 aromatic heterocycles. The third-order valence-corrected chi connectivity index (χ3v) is 2.23. The number of carboxylic acid groups (broad SMARTS) is 1. The Bertz CT molecular complexity index is 450. The predicted molar refractivity (Wildman–Crippen MR) is 68.3 cm³/mol. The van der Waals surface area contributed by atoms with Crippen molar-refractivity contribution in [1.29, 1.82) is 0 Å². The topological polar surface area (TPSA) is 99.1 Å². The summed E-state index contributed by atoms with van der Waals surface area (Å²) in [6.07, 6.45) is 0. The number of nitrogens with one attached hydrogen (secondary N) is 1. The van der Waals surface area contributed by atoms with Gasteiger partial charge in [-0.15, -0.1) is 0 Å². The minimum absolute atomic E-state index is 0.119. The van der Waals surface area contributed by atoms with E-state index in [9.17, 15) is 9.59 Å². The molecule has 0 bridgehead atoms. The minimum Gasteiger partial charge on any atom is -0.482 e. The summed E-state index contributed by atoms with van der Waals surface area (Å²) in [5.41, 5.74) is 0.484. The maximum atomic E-state index is 11.6. The smallest absolute Gasteiger partial charge is 0.341 e. The van der Waals surface area contributed by atoms with Crippen LogP contribution in [0.2, 0.25) is 0 Å². The SMILES string of the molecule is CN(CCO)C(=O)Nc1cccc(OCC(=O)O)c1.